The van der Waals surface area contributed by atoms with Gasteiger partial charge < -0.3 is 15.8 Å². The molecule has 0 unspecified atom stereocenters. The molecule has 5 nitrogen and oxygen atoms in total. The smallest absolute Gasteiger partial charge is 0.236 e. The fourth-order valence-corrected chi connectivity index (χ4v) is 2.78. The van der Waals surface area contributed by atoms with Gasteiger partial charge in [-0.15, -0.1) is 0 Å². The van der Waals surface area contributed by atoms with Crippen molar-refractivity contribution in [2.45, 2.75) is 46.0 Å². The van der Waals surface area contributed by atoms with E-state index in [0.717, 1.165) is 25.8 Å². The largest absolute Gasteiger partial charge is 0.409 e. The Bertz CT molecular complexity index is 322. The monoisotopic (exact) mass is 255 g/mol. The zero-order valence-electron chi connectivity index (χ0n) is 11.6. The summed E-state index contributed by atoms with van der Waals surface area (Å²) >= 11 is 0. The van der Waals surface area contributed by atoms with Crippen LogP contribution in [0.1, 0.15) is 46.0 Å². The van der Waals surface area contributed by atoms with E-state index in [1.54, 1.807) is 11.9 Å². The molecular formula is C13H25N3O2. The summed E-state index contributed by atoms with van der Waals surface area (Å²) in [6, 6.07) is 0. The van der Waals surface area contributed by atoms with Gasteiger partial charge in [0.15, 0.2) is 5.84 Å². The van der Waals surface area contributed by atoms with Crippen molar-refractivity contribution in [2.75, 3.05) is 13.6 Å². The standard InChI is InChI=1S/C13H25N3O2/c1-4-5-6-7-16(3)12(17)13(11(14)15-18)8-10(2)9-13/h10,18H,4-9H2,1-3H3,(H2,14,15). The van der Waals surface area contributed by atoms with Crippen molar-refractivity contribution in [3.8, 4) is 0 Å². The summed E-state index contributed by atoms with van der Waals surface area (Å²) in [5, 5.41) is 11.9. The highest BCUT2D eigenvalue weighted by Crippen LogP contribution is 2.46. The molecule has 3 N–H and O–H groups in total. The predicted octanol–water partition coefficient (Wildman–Crippen LogP) is 1.80. The van der Waals surface area contributed by atoms with Crippen LogP contribution in [0.4, 0.5) is 0 Å². The molecule has 18 heavy (non-hydrogen) atoms. The highest BCUT2D eigenvalue weighted by atomic mass is 16.4. The maximum absolute atomic E-state index is 12.4. The van der Waals surface area contributed by atoms with Gasteiger partial charge in [0.2, 0.25) is 5.91 Å². The minimum absolute atomic E-state index is 0.00740. The lowest BCUT2D eigenvalue weighted by Gasteiger charge is -2.45. The third-order valence-corrected chi connectivity index (χ3v) is 3.85. The van der Waals surface area contributed by atoms with Crippen LogP contribution in [-0.2, 0) is 4.79 Å². The summed E-state index contributed by atoms with van der Waals surface area (Å²) in [6.07, 6.45) is 4.61. The number of nitrogens with zero attached hydrogens (tertiary/aromatic N) is 2. The maximum atomic E-state index is 12.4. The quantitative estimate of drug-likeness (QED) is 0.250. The highest BCUT2D eigenvalue weighted by molar-refractivity contribution is 6.07. The van der Waals surface area contributed by atoms with E-state index in [2.05, 4.69) is 19.0 Å². The molecule has 1 aliphatic rings. The highest BCUT2D eigenvalue weighted by Gasteiger charge is 2.53. The minimum Gasteiger partial charge on any atom is -0.409 e. The lowest BCUT2D eigenvalue weighted by Crippen LogP contribution is -2.57. The number of nitrogens with two attached hydrogens (primary N) is 1. The zero-order valence-corrected chi connectivity index (χ0v) is 11.6. The van der Waals surface area contributed by atoms with Gasteiger partial charge in [0.1, 0.15) is 5.41 Å². The first kappa shape index (κ1) is 14.8. The molecule has 0 saturated heterocycles. The number of amides is 1. The number of hydrogen-bond donors (Lipinski definition) is 2. The second-order valence-corrected chi connectivity index (χ2v) is 5.51. The van der Waals surface area contributed by atoms with E-state index in [-0.39, 0.29) is 11.7 Å². The van der Waals surface area contributed by atoms with Crippen LogP contribution in [0.15, 0.2) is 5.16 Å². The van der Waals surface area contributed by atoms with Crippen molar-refractivity contribution in [3.63, 3.8) is 0 Å². The van der Waals surface area contributed by atoms with Crippen molar-refractivity contribution in [2.24, 2.45) is 22.2 Å². The van der Waals surface area contributed by atoms with Crippen LogP contribution in [0.25, 0.3) is 0 Å². The molecule has 0 bridgehead atoms. The van der Waals surface area contributed by atoms with Gasteiger partial charge in [-0.2, -0.15) is 0 Å². The average Bonchev–Trinajstić information content (AvgIpc) is 2.33. The molecule has 1 aliphatic carbocycles. The Kier molecular flexibility index (Phi) is 4.99. The van der Waals surface area contributed by atoms with Gasteiger partial charge in [0.25, 0.3) is 0 Å². The summed E-state index contributed by atoms with van der Waals surface area (Å²) in [6.45, 7) is 4.95. The normalized spacial score (nSPS) is 27.7. The van der Waals surface area contributed by atoms with Gasteiger partial charge in [0.05, 0.1) is 0 Å². The van der Waals surface area contributed by atoms with Crippen LogP contribution in [0.3, 0.4) is 0 Å². The van der Waals surface area contributed by atoms with Crippen LogP contribution in [0.2, 0.25) is 0 Å². The molecule has 104 valence electrons. The molecule has 0 aromatic rings. The number of hydrogen-bond acceptors (Lipinski definition) is 3. The molecule has 0 atom stereocenters. The topological polar surface area (TPSA) is 78.9 Å². The third kappa shape index (κ3) is 2.76. The van der Waals surface area contributed by atoms with Gasteiger partial charge in [-0.3, -0.25) is 4.79 Å². The van der Waals surface area contributed by atoms with Crippen LogP contribution in [0, 0.1) is 11.3 Å². The molecule has 0 spiro atoms. The summed E-state index contributed by atoms with van der Waals surface area (Å²) in [4.78, 5) is 14.2. The number of amidine groups is 1. The van der Waals surface area contributed by atoms with Gasteiger partial charge >= 0.3 is 0 Å². The lowest BCUT2D eigenvalue weighted by atomic mass is 9.61. The molecule has 0 radical (unpaired) electrons. The summed E-state index contributed by atoms with van der Waals surface area (Å²) in [7, 11) is 1.80. The fourth-order valence-electron chi connectivity index (χ4n) is 2.78. The zero-order chi connectivity index (χ0) is 13.8. The van der Waals surface area contributed by atoms with Crippen molar-refractivity contribution < 1.29 is 10.0 Å². The van der Waals surface area contributed by atoms with E-state index in [9.17, 15) is 4.79 Å². The van der Waals surface area contributed by atoms with E-state index in [0.29, 0.717) is 18.8 Å². The molecule has 0 aromatic carbocycles. The number of rotatable bonds is 6. The van der Waals surface area contributed by atoms with Gasteiger partial charge in [-0.25, -0.2) is 0 Å². The van der Waals surface area contributed by atoms with Crippen molar-refractivity contribution >= 4 is 11.7 Å². The van der Waals surface area contributed by atoms with E-state index in [1.807, 2.05) is 0 Å². The second kappa shape index (κ2) is 6.07. The van der Waals surface area contributed by atoms with Crippen LogP contribution in [0.5, 0.6) is 0 Å². The number of carbonyl (C=O) groups is 1. The van der Waals surface area contributed by atoms with Crippen LogP contribution in [-0.4, -0.2) is 35.4 Å². The first-order valence-corrected chi connectivity index (χ1v) is 6.71. The average molecular weight is 255 g/mol. The Morgan fingerprint density at radius 2 is 2.11 bits per heavy atom. The lowest BCUT2D eigenvalue weighted by molar-refractivity contribution is -0.143. The van der Waals surface area contributed by atoms with E-state index in [1.165, 1.54) is 0 Å². The van der Waals surface area contributed by atoms with Crippen LogP contribution >= 0.6 is 0 Å². The summed E-state index contributed by atoms with van der Waals surface area (Å²) < 4.78 is 0. The Hall–Kier alpha value is -1.26. The first-order valence-electron chi connectivity index (χ1n) is 6.71. The fraction of sp³-hybridized carbons (Fsp3) is 0.846. The van der Waals surface area contributed by atoms with Gasteiger partial charge in [-0.05, 0) is 25.2 Å². The second-order valence-electron chi connectivity index (χ2n) is 5.51. The van der Waals surface area contributed by atoms with Crippen LogP contribution < -0.4 is 5.73 Å². The number of oxime groups is 1. The number of carbonyl (C=O) groups excluding carboxylic acids is 1. The van der Waals surface area contributed by atoms with E-state index in [4.69, 9.17) is 10.9 Å². The van der Waals surface area contributed by atoms with E-state index < -0.39 is 5.41 Å². The molecule has 0 heterocycles. The Labute approximate surface area is 109 Å². The maximum Gasteiger partial charge on any atom is 0.236 e. The van der Waals surface area contributed by atoms with Crippen molar-refractivity contribution in [3.05, 3.63) is 0 Å². The summed E-state index contributed by atoms with van der Waals surface area (Å²) in [5.41, 5.74) is 4.97. The Morgan fingerprint density at radius 1 is 1.50 bits per heavy atom. The Morgan fingerprint density at radius 3 is 2.56 bits per heavy atom. The molecule has 5 heteroatoms. The number of unbranched alkanes of at least 4 members (excludes halogenated alkanes) is 2. The van der Waals surface area contributed by atoms with Crippen molar-refractivity contribution in [1.82, 2.24) is 4.90 Å². The summed E-state index contributed by atoms with van der Waals surface area (Å²) in [5.74, 6) is 0.512. The molecule has 0 aromatic heterocycles. The minimum atomic E-state index is -0.755. The predicted molar refractivity (Wildman–Crippen MR) is 71.4 cm³/mol. The van der Waals surface area contributed by atoms with Gasteiger partial charge in [-0.1, -0.05) is 31.8 Å². The van der Waals surface area contributed by atoms with Crippen molar-refractivity contribution in [1.29, 1.82) is 0 Å². The molecule has 1 rings (SSSR count). The molecule has 1 amide bonds. The molecule has 0 aliphatic heterocycles. The SMILES string of the molecule is CCCCCN(C)C(=O)C1(C(N)=NO)CC(C)C1. The first-order chi connectivity index (χ1) is 8.47. The molecular weight excluding hydrogens is 230 g/mol. The third-order valence-electron chi connectivity index (χ3n) is 3.85. The molecule has 1 saturated carbocycles. The molecule has 1 fully saturated rings. The van der Waals surface area contributed by atoms with Gasteiger partial charge in [0, 0.05) is 13.6 Å². The van der Waals surface area contributed by atoms with E-state index >= 15 is 0 Å². The Balaban J connectivity index is 2.67.